The van der Waals surface area contributed by atoms with Crippen molar-refractivity contribution in [1.82, 2.24) is 19.6 Å². The molecule has 2 aromatic rings. The second-order valence-corrected chi connectivity index (χ2v) is 8.80. The fourth-order valence-electron chi connectivity index (χ4n) is 4.86. The lowest BCUT2D eigenvalue weighted by Gasteiger charge is -2.39. The molecule has 2 aliphatic heterocycles. The number of carbonyl (C=O) groups is 1. The van der Waals surface area contributed by atoms with Crippen molar-refractivity contribution in [2.24, 2.45) is 5.92 Å². The van der Waals surface area contributed by atoms with Crippen molar-refractivity contribution in [1.29, 1.82) is 0 Å². The van der Waals surface area contributed by atoms with Crippen molar-refractivity contribution >= 4 is 16.8 Å². The molecule has 0 bridgehead atoms. The number of likely N-dealkylation sites (tertiary alicyclic amines) is 1. The standard InChI is InChI=1S/C23H32N4O3/c1-17-14-25(15-18(2)30-17)16-19-7-10-26(11-8-19)23(29)9-12-27-21-6-4-3-5-20(21)22(28)13-24-27/h3-6,13,17-19H,7-12,14-16H2,1-2H3. The molecule has 2 saturated heterocycles. The van der Waals surface area contributed by atoms with Gasteiger partial charge in [0.1, 0.15) is 0 Å². The van der Waals surface area contributed by atoms with Crippen LogP contribution in [0.15, 0.2) is 35.3 Å². The third kappa shape index (κ3) is 4.90. The predicted molar refractivity (Wildman–Crippen MR) is 116 cm³/mol. The zero-order valence-corrected chi connectivity index (χ0v) is 18.0. The molecule has 30 heavy (non-hydrogen) atoms. The Morgan fingerprint density at radius 1 is 1.13 bits per heavy atom. The van der Waals surface area contributed by atoms with Crippen LogP contribution in [0.3, 0.4) is 0 Å². The van der Waals surface area contributed by atoms with Gasteiger partial charge in [-0.25, -0.2) is 0 Å². The molecule has 7 nitrogen and oxygen atoms in total. The van der Waals surface area contributed by atoms with Crippen LogP contribution in [0.5, 0.6) is 0 Å². The lowest BCUT2D eigenvalue weighted by molar-refractivity contribution is -0.133. The maximum atomic E-state index is 12.8. The Hall–Kier alpha value is -2.25. The minimum absolute atomic E-state index is 0.0840. The van der Waals surface area contributed by atoms with Crippen LogP contribution in [0.4, 0.5) is 0 Å². The van der Waals surface area contributed by atoms with E-state index in [4.69, 9.17) is 4.74 Å². The lowest BCUT2D eigenvalue weighted by Crippen LogP contribution is -2.48. The first-order valence-corrected chi connectivity index (χ1v) is 11.1. The van der Waals surface area contributed by atoms with Gasteiger partial charge in [0, 0.05) is 44.5 Å². The summed E-state index contributed by atoms with van der Waals surface area (Å²) in [6, 6.07) is 7.43. The molecule has 0 saturated carbocycles. The van der Waals surface area contributed by atoms with Crippen molar-refractivity contribution in [2.75, 3.05) is 32.7 Å². The highest BCUT2D eigenvalue weighted by Gasteiger charge is 2.27. The summed E-state index contributed by atoms with van der Waals surface area (Å²) >= 11 is 0. The molecule has 4 rings (SSSR count). The van der Waals surface area contributed by atoms with Crippen molar-refractivity contribution in [3.05, 3.63) is 40.7 Å². The van der Waals surface area contributed by atoms with E-state index in [0.717, 1.165) is 51.1 Å². The Morgan fingerprint density at radius 2 is 1.83 bits per heavy atom. The van der Waals surface area contributed by atoms with Crippen LogP contribution < -0.4 is 5.43 Å². The number of para-hydroxylation sites is 1. The highest BCUT2D eigenvalue weighted by molar-refractivity contribution is 5.79. The molecular formula is C23H32N4O3. The van der Waals surface area contributed by atoms with Gasteiger partial charge < -0.3 is 9.64 Å². The first kappa shape index (κ1) is 21.0. The van der Waals surface area contributed by atoms with Crippen LogP contribution in [0.1, 0.15) is 33.1 Å². The minimum atomic E-state index is -0.0840. The quantitative estimate of drug-likeness (QED) is 0.753. The van der Waals surface area contributed by atoms with Gasteiger partial charge in [0.15, 0.2) is 0 Å². The van der Waals surface area contributed by atoms with E-state index in [-0.39, 0.29) is 11.3 Å². The highest BCUT2D eigenvalue weighted by atomic mass is 16.5. The average molecular weight is 413 g/mol. The number of aromatic nitrogens is 2. The number of morpholine rings is 1. The first-order valence-electron chi connectivity index (χ1n) is 11.1. The predicted octanol–water partition coefficient (Wildman–Crippen LogP) is 2.13. The number of rotatable bonds is 5. The van der Waals surface area contributed by atoms with Crippen LogP contribution in [0.2, 0.25) is 0 Å². The molecule has 0 spiro atoms. The van der Waals surface area contributed by atoms with Crippen LogP contribution in [0.25, 0.3) is 10.9 Å². The summed E-state index contributed by atoms with van der Waals surface area (Å²) < 4.78 is 7.60. The molecule has 2 fully saturated rings. The number of piperidine rings is 1. The monoisotopic (exact) mass is 412 g/mol. The summed E-state index contributed by atoms with van der Waals surface area (Å²) in [5.41, 5.74) is 0.699. The number of benzene rings is 1. The molecule has 0 N–H and O–H groups in total. The number of ether oxygens (including phenoxy) is 1. The lowest BCUT2D eigenvalue weighted by atomic mass is 9.95. The molecule has 2 atom stereocenters. The highest BCUT2D eigenvalue weighted by Crippen LogP contribution is 2.21. The van der Waals surface area contributed by atoms with Gasteiger partial charge in [0.2, 0.25) is 11.3 Å². The molecule has 1 amide bonds. The normalized spacial score (nSPS) is 23.7. The molecule has 0 radical (unpaired) electrons. The molecule has 1 aromatic heterocycles. The van der Waals surface area contributed by atoms with Gasteiger partial charge in [-0.2, -0.15) is 5.10 Å². The summed E-state index contributed by atoms with van der Waals surface area (Å²) in [4.78, 5) is 29.2. The first-order chi connectivity index (χ1) is 14.5. The van der Waals surface area contributed by atoms with E-state index >= 15 is 0 Å². The summed E-state index contributed by atoms with van der Waals surface area (Å²) in [7, 11) is 0. The van der Waals surface area contributed by atoms with Gasteiger partial charge in [-0.1, -0.05) is 12.1 Å². The van der Waals surface area contributed by atoms with Gasteiger partial charge in [-0.15, -0.1) is 0 Å². The Kier molecular flexibility index (Phi) is 6.49. The van der Waals surface area contributed by atoms with E-state index in [1.807, 2.05) is 23.1 Å². The van der Waals surface area contributed by atoms with Crippen LogP contribution >= 0.6 is 0 Å². The fourth-order valence-corrected chi connectivity index (χ4v) is 4.86. The molecule has 3 heterocycles. The molecule has 2 unspecified atom stereocenters. The van der Waals surface area contributed by atoms with E-state index in [2.05, 4.69) is 23.8 Å². The number of amides is 1. The minimum Gasteiger partial charge on any atom is -0.373 e. The Labute approximate surface area is 177 Å². The summed E-state index contributed by atoms with van der Waals surface area (Å²) in [6.07, 6.45) is 4.46. The second kappa shape index (κ2) is 9.27. The number of carbonyl (C=O) groups excluding carboxylic acids is 1. The number of hydrogen-bond acceptors (Lipinski definition) is 5. The topological polar surface area (TPSA) is 67.7 Å². The number of hydrogen-bond donors (Lipinski definition) is 0. The maximum Gasteiger partial charge on any atom is 0.224 e. The molecule has 7 heteroatoms. The average Bonchev–Trinajstić information content (AvgIpc) is 2.73. The van der Waals surface area contributed by atoms with Gasteiger partial charge in [-0.3, -0.25) is 19.2 Å². The SMILES string of the molecule is CC1CN(CC2CCN(C(=O)CCn3ncc(=O)c4ccccc43)CC2)CC(C)O1. The van der Waals surface area contributed by atoms with Gasteiger partial charge in [0.05, 0.1) is 30.5 Å². The molecule has 1 aromatic carbocycles. The smallest absolute Gasteiger partial charge is 0.224 e. The summed E-state index contributed by atoms with van der Waals surface area (Å²) in [5, 5.41) is 4.88. The van der Waals surface area contributed by atoms with Crippen LogP contribution in [-0.2, 0) is 16.1 Å². The van der Waals surface area contributed by atoms with Crippen molar-refractivity contribution < 1.29 is 9.53 Å². The van der Waals surface area contributed by atoms with Gasteiger partial charge in [0.25, 0.3) is 0 Å². The Balaban J connectivity index is 1.27. The van der Waals surface area contributed by atoms with E-state index in [9.17, 15) is 9.59 Å². The van der Waals surface area contributed by atoms with Crippen LogP contribution in [-0.4, -0.2) is 70.4 Å². The third-order valence-electron chi connectivity index (χ3n) is 6.28. The number of aryl methyl sites for hydroxylation is 1. The number of nitrogens with zero attached hydrogens (tertiary/aromatic N) is 4. The van der Waals surface area contributed by atoms with Gasteiger partial charge >= 0.3 is 0 Å². The largest absolute Gasteiger partial charge is 0.373 e. The van der Waals surface area contributed by atoms with Crippen molar-refractivity contribution in [3.63, 3.8) is 0 Å². The van der Waals surface area contributed by atoms with Gasteiger partial charge in [-0.05, 0) is 44.7 Å². The van der Waals surface area contributed by atoms with Crippen molar-refractivity contribution in [2.45, 2.75) is 51.9 Å². The molecule has 162 valence electrons. The fraction of sp³-hybridized carbons (Fsp3) is 0.609. The Morgan fingerprint density at radius 3 is 2.57 bits per heavy atom. The molecule has 2 aliphatic rings. The zero-order valence-electron chi connectivity index (χ0n) is 18.0. The van der Waals surface area contributed by atoms with E-state index in [1.54, 1.807) is 10.7 Å². The Bertz CT molecular complexity index is 925. The third-order valence-corrected chi connectivity index (χ3v) is 6.28. The second-order valence-electron chi connectivity index (χ2n) is 8.80. The van der Waals surface area contributed by atoms with Crippen molar-refractivity contribution in [3.8, 4) is 0 Å². The van der Waals surface area contributed by atoms with E-state index in [0.29, 0.717) is 36.5 Å². The van der Waals surface area contributed by atoms with Crippen LogP contribution in [0, 0.1) is 5.92 Å². The summed E-state index contributed by atoms with van der Waals surface area (Å²) in [5.74, 6) is 0.822. The van der Waals surface area contributed by atoms with E-state index in [1.165, 1.54) is 6.20 Å². The molecule has 0 aliphatic carbocycles. The molecular weight excluding hydrogens is 380 g/mol. The zero-order chi connectivity index (χ0) is 21.1. The van der Waals surface area contributed by atoms with E-state index < -0.39 is 0 Å². The number of fused-ring (bicyclic) bond motifs is 1. The summed E-state index contributed by atoms with van der Waals surface area (Å²) in [6.45, 7) is 9.55. The maximum absolute atomic E-state index is 12.8.